The van der Waals surface area contributed by atoms with Gasteiger partial charge >= 0.3 is 0 Å². The minimum absolute atomic E-state index is 0.283. The van der Waals surface area contributed by atoms with Gasteiger partial charge in [-0.2, -0.15) is 0 Å². The van der Waals surface area contributed by atoms with E-state index in [9.17, 15) is 4.79 Å². The minimum Gasteiger partial charge on any atom is -0.370 e. The molecule has 98 valence electrons. The molecular weight excluding hydrogens is 216 g/mol. The molecule has 2 N–H and O–H groups in total. The van der Waals surface area contributed by atoms with E-state index in [1.54, 1.807) is 0 Å². The number of carbonyl (C=O) groups excluding carboxylic acids is 1. The lowest BCUT2D eigenvalue weighted by Crippen LogP contribution is -2.58. The quantitative estimate of drug-likeness (QED) is 0.802. The highest BCUT2D eigenvalue weighted by molar-refractivity contribution is 5.79. The van der Waals surface area contributed by atoms with Crippen molar-refractivity contribution in [2.45, 2.75) is 44.6 Å². The van der Waals surface area contributed by atoms with Gasteiger partial charge in [0.25, 0.3) is 0 Å². The van der Waals surface area contributed by atoms with Crippen molar-refractivity contribution in [2.24, 2.45) is 11.7 Å². The Labute approximate surface area is 103 Å². The van der Waals surface area contributed by atoms with Crippen LogP contribution in [0.4, 0.5) is 0 Å². The highest BCUT2D eigenvalue weighted by atomic mass is 16.5. The Morgan fingerprint density at radius 2 is 2.29 bits per heavy atom. The van der Waals surface area contributed by atoms with Crippen LogP contribution >= 0.6 is 0 Å². The van der Waals surface area contributed by atoms with Crippen molar-refractivity contribution in [2.75, 3.05) is 26.2 Å². The van der Waals surface area contributed by atoms with E-state index in [1.165, 1.54) is 6.42 Å². The van der Waals surface area contributed by atoms with Gasteiger partial charge in [0.05, 0.1) is 18.8 Å². The van der Waals surface area contributed by atoms with Crippen LogP contribution in [0.25, 0.3) is 0 Å². The molecule has 17 heavy (non-hydrogen) atoms. The fraction of sp³-hybridized carbons (Fsp3) is 0.923. The van der Waals surface area contributed by atoms with Gasteiger partial charge in [-0.3, -0.25) is 4.79 Å². The fourth-order valence-electron chi connectivity index (χ4n) is 2.78. The Kier molecular flexibility index (Phi) is 4.05. The van der Waals surface area contributed by atoms with Crippen LogP contribution in [0.1, 0.15) is 39.0 Å². The molecule has 0 spiro atoms. The van der Waals surface area contributed by atoms with E-state index < -0.39 is 0 Å². The predicted octanol–water partition coefficient (Wildman–Crippen LogP) is 1.14. The molecule has 1 aliphatic heterocycles. The standard InChI is InChI=1S/C13H24N2O2/c1-2-6-13(9-14)10-15(7-8-17-13)12(16)11-4-3-5-11/h11H,2-10,14H2,1H3. The third-order valence-electron chi connectivity index (χ3n) is 4.09. The Balaban J connectivity index is 1.97. The highest BCUT2D eigenvalue weighted by Gasteiger charge is 2.39. The topological polar surface area (TPSA) is 55.6 Å². The summed E-state index contributed by atoms with van der Waals surface area (Å²) in [6, 6.07) is 0. The average molecular weight is 240 g/mol. The zero-order valence-corrected chi connectivity index (χ0v) is 10.8. The first-order valence-electron chi connectivity index (χ1n) is 6.83. The van der Waals surface area contributed by atoms with Crippen molar-refractivity contribution < 1.29 is 9.53 Å². The fourth-order valence-corrected chi connectivity index (χ4v) is 2.78. The molecule has 4 heteroatoms. The zero-order valence-electron chi connectivity index (χ0n) is 10.8. The lowest BCUT2D eigenvalue weighted by Gasteiger charge is -2.44. The van der Waals surface area contributed by atoms with Gasteiger partial charge in [-0.05, 0) is 19.3 Å². The molecule has 0 radical (unpaired) electrons. The van der Waals surface area contributed by atoms with Crippen LogP contribution in [0.2, 0.25) is 0 Å². The van der Waals surface area contributed by atoms with E-state index in [2.05, 4.69) is 6.92 Å². The summed E-state index contributed by atoms with van der Waals surface area (Å²) in [5.74, 6) is 0.610. The molecule has 2 rings (SSSR count). The molecule has 0 bridgehead atoms. The molecule has 0 aromatic rings. The summed E-state index contributed by atoms with van der Waals surface area (Å²) in [6.07, 6.45) is 5.33. The van der Waals surface area contributed by atoms with E-state index in [0.29, 0.717) is 25.6 Å². The second-order valence-corrected chi connectivity index (χ2v) is 5.37. The molecule has 0 aromatic heterocycles. The van der Waals surface area contributed by atoms with Crippen LogP contribution < -0.4 is 5.73 Å². The van der Waals surface area contributed by atoms with Crippen LogP contribution in [-0.2, 0) is 9.53 Å². The monoisotopic (exact) mass is 240 g/mol. The molecule has 1 saturated heterocycles. The largest absolute Gasteiger partial charge is 0.370 e. The van der Waals surface area contributed by atoms with E-state index in [1.807, 2.05) is 4.90 Å². The van der Waals surface area contributed by atoms with Gasteiger partial charge in [0.15, 0.2) is 0 Å². The maximum atomic E-state index is 12.2. The molecule has 4 nitrogen and oxygen atoms in total. The van der Waals surface area contributed by atoms with Crippen LogP contribution in [0, 0.1) is 5.92 Å². The minimum atomic E-state index is -0.285. The second-order valence-electron chi connectivity index (χ2n) is 5.37. The van der Waals surface area contributed by atoms with E-state index in [0.717, 1.165) is 32.2 Å². The van der Waals surface area contributed by atoms with Crippen LogP contribution in [0.3, 0.4) is 0 Å². The Hall–Kier alpha value is -0.610. The molecule has 2 fully saturated rings. The smallest absolute Gasteiger partial charge is 0.225 e. The summed E-state index contributed by atoms with van der Waals surface area (Å²) in [7, 11) is 0. The van der Waals surface area contributed by atoms with E-state index >= 15 is 0 Å². The predicted molar refractivity (Wildman–Crippen MR) is 66.6 cm³/mol. The number of nitrogens with zero attached hydrogens (tertiary/aromatic N) is 1. The van der Waals surface area contributed by atoms with Crippen LogP contribution in [0.15, 0.2) is 0 Å². The van der Waals surface area contributed by atoms with Crippen molar-refractivity contribution in [1.82, 2.24) is 4.90 Å². The first kappa shape index (κ1) is 12.8. The van der Waals surface area contributed by atoms with Crippen LogP contribution in [-0.4, -0.2) is 42.6 Å². The van der Waals surface area contributed by atoms with Crippen molar-refractivity contribution in [3.8, 4) is 0 Å². The summed E-state index contributed by atoms with van der Waals surface area (Å²) in [6.45, 7) is 4.70. The molecule has 1 aliphatic carbocycles. The maximum Gasteiger partial charge on any atom is 0.225 e. The zero-order chi connectivity index (χ0) is 12.3. The summed E-state index contributed by atoms with van der Waals surface area (Å²) in [4.78, 5) is 14.2. The van der Waals surface area contributed by atoms with Crippen molar-refractivity contribution in [1.29, 1.82) is 0 Å². The van der Waals surface area contributed by atoms with Crippen LogP contribution in [0.5, 0.6) is 0 Å². The number of hydrogen-bond donors (Lipinski definition) is 1. The highest BCUT2D eigenvalue weighted by Crippen LogP contribution is 2.30. The molecule has 1 amide bonds. The lowest BCUT2D eigenvalue weighted by molar-refractivity contribution is -0.156. The first-order chi connectivity index (χ1) is 8.21. The Morgan fingerprint density at radius 3 is 2.82 bits per heavy atom. The third-order valence-corrected chi connectivity index (χ3v) is 4.09. The van der Waals surface area contributed by atoms with Crippen molar-refractivity contribution in [3.63, 3.8) is 0 Å². The van der Waals surface area contributed by atoms with Gasteiger partial charge in [0, 0.05) is 19.0 Å². The lowest BCUT2D eigenvalue weighted by atomic mass is 9.83. The Bertz CT molecular complexity index is 275. The van der Waals surface area contributed by atoms with Gasteiger partial charge in [-0.15, -0.1) is 0 Å². The number of carbonyl (C=O) groups is 1. The first-order valence-corrected chi connectivity index (χ1v) is 6.83. The molecule has 2 aliphatic rings. The van der Waals surface area contributed by atoms with E-state index in [4.69, 9.17) is 10.5 Å². The van der Waals surface area contributed by atoms with Crippen molar-refractivity contribution in [3.05, 3.63) is 0 Å². The maximum absolute atomic E-state index is 12.2. The molecule has 1 atom stereocenters. The van der Waals surface area contributed by atoms with E-state index in [-0.39, 0.29) is 11.5 Å². The molecule has 1 unspecified atom stereocenters. The van der Waals surface area contributed by atoms with Crippen molar-refractivity contribution >= 4 is 5.91 Å². The number of nitrogens with two attached hydrogens (primary N) is 1. The SMILES string of the molecule is CCCC1(CN)CN(C(=O)C2CCC2)CCO1. The third kappa shape index (κ3) is 2.63. The second kappa shape index (κ2) is 5.36. The molecule has 1 saturated carbocycles. The number of amides is 1. The summed E-state index contributed by atoms with van der Waals surface area (Å²) in [5.41, 5.74) is 5.56. The number of hydrogen-bond acceptors (Lipinski definition) is 3. The molecule has 0 aromatic carbocycles. The number of rotatable bonds is 4. The molecular formula is C13H24N2O2. The number of morpholine rings is 1. The summed E-state index contributed by atoms with van der Waals surface area (Å²) in [5, 5.41) is 0. The molecule has 1 heterocycles. The van der Waals surface area contributed by atoms with Gasteiger partial charge in [0.1, 0.15) is 0 Å². The summed E-state index contributed by atoms with van der Waals surface area (Å²) >= 11 is 0. The summed E-state index contributed by atoms with van der Waals surface area (Å²) < 4.78 is 5.85. The van der Waals surface area contributed by atoms with Gasteiger partial charge in [0.2, 0.25) is 5.91 Å². The van der Waals surface area contributed by atoms with Gasteiger partial charge < -0.3 is 15.4 Å². The number of ether oxygens (including phenoxy) is 1. The Morgan fingerprint density at radius 1 is 1.53 bits per heavy atom. The normalized spacial score (nSPS) is 30.1. The van der Waals surface area contributed by atoms with Gasteiger partial charge in [-0.1, -0.05) is 19.8 Å². The van der Waals surface area contributed by atoms with Gasteiger partial charge in [-0.25, -0.2) is 0 Å². The average Bonchev–Trinajstić information content (AvgIpc) is 2.27.